The van der Waals surface area contributed by atoms with E-state index in [-0.39, 0.29) is 11.7 Å². The van der Waals surface area contributed by atoms with Gasteiger partial charge in [-0.25, -0.2) is 0 Å². The van der Waals surface area contributed by atoms with E-state index in [1.54, 1.807) is 6.07 Å². The van der Waals surface area contributed by atoms with Crippen LogP contribution in [0.2, 0.25) is 0 Å². The predicted octanol–water partition coefficient (Wildman–Crippen LogP) is 5.12. The molecule has 2 amide bonds. The van der Waals surface area contributed by atoms with Gasteiger partial charge in [0, 0.05) is 17.5 Å². The average molecular weight is 350 g/mol. The van der Waals surface area contributed by atoms with E-state index in [1.807, 2.05) is 56.3 Å². The second kappa shape index (κ2) is 7.87. The minimum Gasteiger partial charge on any atom is -0.449 e. The Morgan fingerprint density at radius 2 is 1.73 bits per heavy atom. The fraction of sp³-hybridized carbons (Fsp3) is 0.238. The van der Waals surface area contributed by atoms with Crippen LogP contribution in [0, 0.1) is 6.92 Å². The topological polar surface area (TPSA) is 71.3 Å². The molecule has 0 radical (unpaired) electrons. The summed E-state index contributed by atoms with van der Waals surface area (Å²) < 4.78 is 5.74. The van der Waals surface area contributed by atoms with E-state index in [0.29, 0.717) is 28.8 Å². The van der Waals surface area contributed by atoms with Gasteiger partial charge in [0.05, 0.1) is 0 Å². The first-order valence-electron chi connectivity index (χ1n) is 8.78. The van der Waals surface area contributed by atoms with Crippen LogP contribution in [0.5, 0.6) is 0 Å². The third-order valence-electron chi connectivity index (χ3n) is 4.13. The first kappa shape index (κ1) is 17.7. The highest BCUT2D eigenvalue weighted by Crippen LogP contribution is 2.31. The van der Waals surface area contributed by atoms with E-state index in [9.17, 15) is 9.59 Å². The highest BCUT2D eigenvalue weighted by molar-refractivity contribution is 6.14. The molecular weight excluding hydrogens is 328 g/mol. The lowest BCUT2D eigenvalue weighted by atomic mass is 10.2. The maximum atomic E-state index is 12.7. The fourth-order valence-electron chi connectivity index (χ4n) is 2.69. The summed E-state index contributed by atoms with van der Waals surface area (Å²) in [7, 11) is 0. The first-order chi connectivity index (χ1) is 12.6. The highest BCUT2D eigenvalue weighted by atomic mass is 16.3. The molecule has 3 aromatic rings. The Labute approximate surface area is 152 Å². The van der Waals surface area contributed by atoms with Crippen molar-refractivity contribution in [3.63, 3.8) is 0 Å². The van der Waals surface area contributed by atoms with Crippen molar-refractivity contribution < 1.29 is 14.0 Å². The van der Waals surface area contributed by atoms with E-state index in [2.05, 4.69) is 10.6 Å². The van der Waals surface area contributed by atoms with Crippen molar-refractivity contribution in [2.45, 2.75) is 33.1 Å². The minimum atomic E-state index is -0.393. The van der Waals surface area contributed by atoms with E-state index in [1.165, 1.54) is 0 Å². The summed E-state index contributed by atoms with van der Waals surface area (Å²) in [6.07, 6.45) is 2.14. The Morgan fingerprint density at radius 1 is 1.00 bits per heavy atom. The second-order valence-corrected chi connectivity index (χ2v) is 6.27. The summed E-state index contributed by atoms with van der Waals surface area (Å²) in [5, 5.41) is 6.38. The maximum absolute atomic E-state index is 12.7. The summed E-state index contributed by atoms with van der Waals surface area (Å²) in [6, 6.07) is 14.8. The van der Waals surface area contributed by atoms with E-state index < -0.39 is 5.91 Å². The zero-order chi connectivity index (χ0) is 18.5. The van der Waals surface area contributed by atoms with Crippen LogP contribution in [-0.2, 0) is 4.79 Å². The Bertz CT molecular complexity index is 926. The molecule has 0 aliphatic rings. The van der Waals surface area contributed by atoms with Gasteiger partial charge in [0.15, 0.2) is 0 Å². The molecule has 2 N–H and O–H groups in total. The van der Waals surface area contributed by atoms with Crippen LogP contribution in [0.15, 0.2) is 52.9 Å². The summed E-state index contributed by atoms with van der Waals surface area (Å²) in [5.41, 5.74) is 2.76. The van der Waals surface area contributed by atoms with Crippen molar-refractivity contribution in [1.82, 2.24) is 0 Å². The van der Waals surface area contributed by atoms with Crippen LogP contribution in [0.1, 0.15) is 42.3 Å². The molecule has 0 aliphatic heterocycles. The summed E-state index contributed by atoms with van der Waals surface area (Å²) in [4.78, 5) is 24.9. The van der Waals surface area contributed by atoms with Crippen LogP contribution >= 0.6 is 0 Å². The molecule has 5 nitrogen and oxygen atoms in total. The Morgan fingerprint density at radius 3 is 2.46 bits per heavy atom. The molecule has 1 heterocycles. The number of carbonyl (C=O) groups is 2. The van der Waals surface area contributed by atoms with E-state index in [4.69, 9.17) is 4.42 Å². The molecule has 0 unspecified atom stereocenters. The van der Waals surface area contributed by atoms with Gasteiger partial charge >= 0.3 is 0 Å². The van der Waals surface area contributed by atoms with Crippen LogP contribution in [-0.4, -0.2) is 11.8 Å². The third-order valence-corrected chi connectivity index (χ3v) is 4.13. The Hall–Kier alpha value is -3.08. The molecule has 26 heavy (non-hydrogen) atoms. The van der Waals surface area contributed by atoms with Gasteiger partial charge in [0.25, 0.3) is 5.91 Å². The van der Waals surface area contributed by atoms with Gasteiger partial charge in [-0.15, -0.1) is 0 Å². The number of hydrogen-bond acceptors (Lipinski definition) is 3. The number of fused-ring (bicyclic) bond motifs is 1. The first-order valence-corrected chi connectivity index (χ1v) is 8.78. The average Bonchev–Trinajstić information content (AvgIpc) is 3.00. The van der Waals surface area contributed by atoms with E-state index in [0.717, 1.165) is 18.4 Å². The molecule has 1 aromatic heterocycles. The number of amides is 2. The summed E-state index contributed by atoms with van der Waals surface area (Å²) in [5.74, 6) is -0.407. The number of furan rings is 1. The molecule has 0 aliphatic carbocycles. The number of aryl methyl sites for hydroxylation is 1. The molecule has 5 heteroatoms. The smallest absolute Gasteiger partial charge is 0.293 e. The Kier molecular flexibility index (Phi) is 5.37. The second-order valence-electron chi connectivity index (χ2n) is 6.27. The number of carbonyl (C=O) groups excluding carboxylic acids is 2. The van der Waals surface area contributed by atoms with Crippen molar-refractivity contribution in [3.05, 3.63) is 59.9 Å². The molecule has 0 bridgehead atoms. The zero-order valence-electron chi connectivity index (χ0n) is 15.0. The monoisotopic (exact) mass is 350 g/mol. The number of rotatable bonds is 6. The Balaban J connectivity index is 1.90. The number of nitrogens with one attached hydrogen (secondary N) is 2. The predicted molar refractivity (Wildman–Crippen MR) is 104 cm³/mol. The van der Waals surface area contributed by atoms with Crippen LogP contribution in [0.25, 0.3) is 11.0 Å². The largest absolute Gasteiger partial charge is 0.449 e. The lowest BCUT2D eigenvalue weighted by molar-refractivity contribution is -0.116. The number of unbranched alkanes of at least 4 members (excludes halogenated alkanes) is 1. The van der Waals surface area contributed by atoms with Gasteiger partial charge in [-0.3, -0.25) is 9.59 Å². The van der Waals surface area contributed by atoms with Gasteiger partial charge in [-0.05, 0) is 37.6 Å². The van der Waals surface area contributed by atoms with Gasteiger partial charge in [0.2, 0.25) is 11.7 Å². The lowest BCUT2D eigenvalue weighted by Gasteiger charge is -2.07. The zero-order valence-corrected chi connectivity index (χ0v) is 15.0. The fourth-order valence-corrected chi connectivity index (χ4v) is 2.69. The van der Waals surface area contributed by atoms with Crippen LogP contribution in [0.3, 0.4) is 0 Å². The molecule has 0 fully saturated rings. The van der Waals surface area contributed by atoms with Gasteiger partial charge in [-0.1, -0.05) is 43.2 Å². The lowest BCUT2D eigenvalue weighted by Crippen LogP contribution is -2.16. The van der Waals surface area contributed by atoms with Gasteiger partial charge in [-0.2, -0.15) is 0 Å². The quantitative estimate of drug-likeness (QED) is 0.648. The third kappa shape index (κ3) is 3.94. The molecule has 0 saturated carbocycles. The van der Waals surface area contributed by atoms with Crippen LogP contribution < -0.4 is 10.6 Å². The van der Waals surface area contributed by atoms with Crippen molar-refractivity contribution >= 4 is 34.2 Å². The van der Waals surface area contributed by atoms with Crippen LogP contribution in [0.4, 0.5) is 11.4 Å². The van der Waals surface area contributed by atoms with Crippen molar-refractivity contribution in [3.8, 4) is 0 Å². The molecule has 2 aromatic carbocycles. The SMILES string of the molecule is CCCCC(=O)Nc1c(C(=O)Nc2ccc(C)cc2)oc2ccccc12. The van der Waals surface area contributed by atoms with Crippen molar-refractivity contribution in [1.29, 1.82) is 0 Å². The van der Waals surface area contributed by atoms with E-state index >= 15 is 0 Å². The molecule has 0 spiro atoms. The molecular formula is C21H22N2O3. The molecule has 0 saturated heterocycles. The molecule has 3 rings (SSSR count). The number of benzene rings is 2. The normalized spacial score (nSPS) is 10.7. The summed E-state index contributed by atoms with van der Waals surface area (Å²) >= 11 is 0. The van der Waals surface area contributed by atoms with Gasteiger partial charge < -0.3 is 15.1 Å². The number of para-hydroxylation sites is 1. The number of hydrogen-bond donors (Lipinski definition) is 2. The molecule has 0 atom stereocenters. The maximum Gasteiger partial charge on any atom is 0.293 e. The van der Waals surface area contributed by atoms with Gasteiger partial charge in [0.1, 0.15) is 11.3 Å². The van der Waals surface area contributed by atoms with Crippen molar-refractivity contribution in [2.75, 3.05) is 10.6 Å². The highest BCUT2D eigenvalue weighted by Gasteiger charge is 2.22. The minimum absolute atomic E-state index is 0.108. The van der Waals surface area contributed by atoms with Crippen molar-refractivity contribution in [2.24, 2.45) is 0 Å². The summed E-state index contributed by atoms with van der Waals surface area (Å²) in [6.45, 7) is 4.01. The molecule has 134 valence electrons. The standard InChI is InChI=1S/C21H22N2O3/c1-3-4-9-18(24)23-19-16-7-5-6-8-17(16)26-20(19)21(25)22-15-12-10-14(2)11-13-15/h5-8,10-13H,3-4,9H2,1-2H3,(H,22,25)(H,23,24). The number of anilines is 2.